The Balaban J connectivity index is 2.35. The molecule has 2 aromatic carbocycles. The first-order valence-corrected chi connectivity index (χ1v) is 4.96. The van der Waals surface area contributed by atoms with Gasteiger partial charge in [-0.2, -0.15) is 0 Å². The smallest absolute Gasteiger partial charge is 0.123 e. The van der Waals surface area contributed by atoms with Crippen molar-refractivity contribution in [3.8, 4) is 0 Å². The molecule has 0 saturated heterocycles. The van der Waals surface area contributed by atoms with Gasteiger partial charge in [-0.15, -0.1) is 0 Å². The SMILES string of the molecule is Nc1cccc(C(O)c2cccc(F)c2)c1. The molecule has 0 aliphatic rings. The molecule has 0 aliphatic carbocycles. The predicted octanol–water partition coefficient (Wildman–Crippen LogP) is 2.49. The van der Waals surface area contributed by atoms with Gasteiger partial charge in [-0.3, -0.25) is 0 Å². The number of halogens is 1. The van der Waals surface area contributed by atoms with Crippen LogP contribution in [0.2, 0.25) is 0 Å². The molecule has 0 spiro atoms. The average Bonchev–Trinajstić information content (AvgIpc) is 2.28. The van der Waals surface area contributed by atoms with Gasteiger partial charge in [0.25, 0.3) is 0 Å². The largest absolute Gasteiger partial charge is 0.399 e. The third-order valence-corrected chi connectivity index (χ3v) is 2.39. The van der Waals surface area contributed by atoms with Crippen molar-refractivity contribution in [2.45, 2.75) is 6.10 Å². The maximum atomic E-state index is 13.0. The van der Waals surface area contributed by atoms with Gasteiger partial charge in [-0.25, -0.2) is 4.39 Å². The molecule has 0 bridgehead atoms. The lowest BCUT2D eigenvalue weighted by molar-refractivity contribution is 0.220. The third-order valence-electron chi connectivity index (χ3n) is 2.39. The van der Waals surface area contributed by atoms with Crippen LogP contribution in [0, 0.1) is 5.82 Å². The van der Waals surface area contributed by atoms with Gasteiger partial charge < -0.3 is 10.8 Å². The molecule has 0 saturated carbocycles. The summed E-state index contributed by atoms with van der Waals surface area (Å²) in [6, 6.07) is 12.8. The van der Waals surface area contributed by atoms with Crippen molar-refractivity contribution < 1.29 is 9.50 Å². The Hall–Kier alpha value is -1.87. The molecule has 0 fully saturated rings. The molecule has 82 valence electrons. The Labute approximate surface area is 93.2 Å². The number of hydrogen-bond acceptors (Lipinski definition) is 2. The Bertz CT molecular complexity index is 453. The molecule has 2 nitrogen and oxygen atoms in total. The Morgan fingerprint density at radius 2 is 1.62 bits per heavy atom. The Kier molecular flexibility index (Phi) is 2.88. The summed E-state index contributed by atoms with van der Waals surface area (Å²) in [7, 11) is 0. The van der Waals surface area contributed by atoms with Gasteiger partial charge in [0.2, 0.25) is 0 Å². The summed E-state index contributed by atoms with van der Waals surface area (Å²) in [5.74, 6) is -0.361. The van der Waals surface area contributed by atoms with Crippen LogP contribution in [0.5, 0.6) is 0 Å². The molecule has 0 aromatic heterocycles. The average molecular weight is 217 g/mol. The van der Waals surface area contributed by atoms with E-state index in [0.29, 0.717) is 16.8 Å². The fraction of sp³-hybridized carbons (Fsp3) is 0.0769. The van der Waals surface area contributed by atoms with E-state index in [1.54, 1.807) is 36.4 Å². The van der Waals surface area contributed by atoms with Crippen molar-refractivity contribution in [2.75, 3.05) is 5.73 Å². The molecule has 2 aromatic rings. The fourth-order valence-electron chi connectivity index (χ4n) is 1.60. The number of benzene rings is 2. The molecule has 3 N–H and O–H groups in total. The lowest BCUT2D eigenvalue weighted by Gasteiger charge is -2.11. The van der Waals surface area contributed by atoms with E-state index < -0.39 is 6.10 Å². The number of rotatable bonds is 2. The molecule has 16 heavy (non-hydrogen) atoms. The number of hydrogen-bond donors (Lipinski definition) is 2. The van der Waals surface area contributed by atoms with Crippen LogP contribution in [0.3, 0.4) is 0 Å². The van der Waals surface area contributed by atoms with Crippen molar-refractivity contribution in [1.82, 2.24) is 0 Å². The number of nitrogen functional groups attached to an aromatic ring is 1. The van der Waals surface area contributed by atoms with Crippen LogP contribution in [0.1, 0.15) is 17.2 Å². The molecule has 0 amide bonds. The maximum absolute atomic E-state index is 13.0. The Morgan fingerprint density at radius 1 is 1.00 bits per heavy atom. The summed E-state index contributed by atoms with van der Waals surface area (Å²) < 4.78 is 13.0. The lowest BCUT2D eigenvalue weighted by atomic mass is 10.0. The van der Waals surface area contributed by atoms with E-state index in [0.717, 1.165) is 0 Å². The maximum Gasteiger partial charge on any atom is 0.123 e. The number of aliphatic hydroxyl groups excluding tert-OH is 1. The zero-order valence-electron chi connectivity index (χ0n) is 8.60. The summed E-state index contributed by atoms with van der Waals surface area (Å²) in [4.78, 5) is 0. The second-order valence-electron chi connectivity index (χ2n) is 3.63. The van der Waals surface area contributed by atoms with Crippen LogP contribution in [0.15, 0.2) is 48.5 Å². The minimum Gasteiger partial charge on any atom is -0.399 e. The second-order valence-corrected chi connectivity index (χ2v) is 3.63. The number of aliphatic hydroxyl groups is 1. The summed E-state index contributed by atoms with van der Waals surface area (Å²) in [6.07, 6.45) is -0.848. The van der Waals surface area contributed by atoms with Crippen molar-refractivity contribution in [3.63, 3.8) is 0 Å². The van der Waals surface area contributed by atoms with Gasteiger partial charge in [0.1, 0.15) is 11.9 Å². The minimum absolute atomic E-state index is 0.361. The monoisotopic (exact) mass is 217 g/mol. The van der Waals surface area contributed by atoms with Gasteiger partial charge in [0, 0.05) is 5.69 Å². The van der Waals surface area contributed by atoms with Gasteiger partial charge in [-0.1, -0.05) is 24.3 Å². The first kappa shape index (κ1) is 10.6. The highest BCUT2D eigenvalue weighted by Crippen LogP contribution is 2.23. The molecule has 3 heteroatoms. The fourth-order valence-corrected chi connectivity index (χ4v) is 1.60. The Morgan fingerprint density at radius 3 is 2.25 bits per heavy atom. The highest BCUT2D eigenvalue weighted by molar-refractivity contribution is 5.43. The normalized spacial score (nSPS) is 12.4. The third kappa shape index (κ3) is 2.20. The van der Waals surface area contributed by atoms with E-state index in [4.69, 9.17) is 5.73 Å². The highest BCUT2D eigenvalue weighted by atomic mass is 19.1. The quantitative estimate of drug-likeness (QED) is 0.759. The molecule has 0 heterocycles. The summed E-state index contributed by atoms with van der Waals surface area (Å²) in [5.41, 5.74) is 7.37. The van der Waals surface area contributed by atoms with Crippen LogP contribution in [-0.4, -0.2) is 5.11 Å². The van der Waals surface area contributed by atoms with E-state index in [-0.39, 0.29) is 5.82 Å². The zero-order chi connectivity index (χ0) is 11.5. The molecule has 1 unspecified atom stereocenters. The van der Waals surface area contributed by atoms with Gasteiger partial charge in [0.15, 0.2) is 0 Å². The van der Waals surface area contributed by atoms with Gasteiger partial charge >= 0.3 is 0 Å². The zero-order valence-corrected chi connectivity index (χ0v) is 8.60. The van der Waals surface area contributed by atoms with E-state index >= 15 is 0 Å². The summed E-state index contributed by atoms with van der Waals surface area (Å²) in [6.45, 7) is 0. The van der Waals surface area contributed by atoms with Crippen LogP contribution in [0.4, 0.5) is 10.1 Å². The first-order valence-electron chi connectivity index (χ1n) is 4.96. The molecular weight excluding hydrogens is 205 g/mol. The van der Waals surface area contributed by atoms with E-state index in [1.165, 1.54) is 12.1 Å². The molecule has 2 rings (SSSR count). The molecule has 0 radical (unpaired) electrons. The first-order chi connectivity index (χ1) is 7.66. The molecule has 0 aliphatic heterocycles. The van der Waals surface area contributed by atoms with Gasteiger partial charge in [0.05, 0.1) is 0 Å². The van der Waals surface area contributed by atoms with Crippen molar-refractivity contribution >= 4 is 5.69 Å². The standard InChI is InChI=1S/C13H12FNO/c14-11-5-1-3-9(7-11)13(16)10-4-2-6-12(15)8-10/h1-8,13,16H,15H2. The topological polar surface area (TPSA) is 46.2 Å². The van der Waals surface area contributed by atoms with Crippen LogP contribution in [-0.2, 0) is 0 Å². The minimum atomic E-state index is -0.848. The highest BCUT2D eigenvalue weighted by Gasteiger charge is 2.10. The molecule has 1 atom stereocenters. The summed E-state index contributed by atoms with van der Waals surface area (Å²) >= 11 is 0. The van der Waals surface area contributed by atoms with Crippen molar-refractivity contribution in [3.05, 3.63) is 65.5 Å². The van der Waals surface area contributed by atoms with E-state index in [1.807, 2.05) is 0 Å². The van der Waals surface area contributed by atoms with Gasteiger partial charge in [-0.05, 0) is 35.4 Å². The summed E-state index contributed by atoms with van der Waals surface area (Å²) in [5, 5.41) is 10.0. The van der Waals surface area contributed by atoms with E-state index in [2.05, 4.69) is 0 Å². The second kappa shape index (κ2) is 4.33. The van der Waals surface area contributed by atoms with Crippen LogP contribution < -0.4 is 5.73 Å². The lowest BCUT2D eigenvalue weighted by Crippen LogP contribution is -2.00. The predicted molar refractivity (Wildman–Crippen MR) is 61.3 cm³/mol. The van der Waals surface area contributed by atoms with Crippen LogP contribution >= 0.6 is 0 Å². The van der Waals surface area contributed by atoms with Crippen molar-refractivity contribution in [2.24, 2.45) is 0 Å². The van der Waals surface area contributed by atoms with Crippen LogP contribution in [0.25, 0.3) is 0 Å². The number of nitrogens with two attached hydrogens (primary N) is 1. The van der Waals surface area contributed by atoms with E-state index in [9.17, 15) is 9.50 Å². The number of anilines is 1. The molecular formula is C13H12FNO. The van der Waals surface area contributed by atoms with Crippen molar-refractivity contribution in [1.29, 1.82) is 0 Å².